The van der Waals surface area contributed by atoms with Crippen molar-refractivity contribution < 1.29 is 23.7 Å². The maximum Gasteiger partial charge on any atom is 0 e. The van der Waals surface area contributed by atoms with Crippen LogP contribution in [0, 0.1) is 10.1 Å². The predicted octanol–water partition coefficient (Wildman–Crippen LogP) is 1.35. The molecule has 0 aliphatic heterocycles. The third-order valence-electron chi connectivity index (χ3n) is 1.85. The van der Waals surface area contributed by atoms with Crippen molar-refractivity contribution in [1.29, 1.82) is 0 Å². The van der Waals surface area contributed by atoms with Gasteiger partial charge in [0.2, 0.25) is 0 Å². The average Bonchev–Trinajstić information content (AvgIpc) is 2.28. The maximum atomic E-state index is 10.8. The second-order valence-corrected chi connectivity index (χ2v) is 3.59. The minimum Gasteiger partial charge on any atom is 0 e. The van der Waals surface area contributed by atoms with Gasteiger partial charge in [-0.15, -0.1) is 0 Å². The van der Waals surface area contributed by atoms with Crippen LogP contribution in [0.1, 0.15) is 10.4 Å². The van der Waals surface area contributed by atoms with Gasteiger partial charge in [-0.3, -0.25) is 0 Å². The number of hydrogen-bond acceptors (Lipinski definition) is 6. The number of nitro benzene ring substituents is 1. The zero-order valence-corrected chi connectivity index (χ0v) is 15.3. The summed E-state index contributed by atoms with van der Waals surface area (Å²) in [5.41, 5.74) is -1.03. The van der Waals surface area contributed by atoms with Crippen LogP contribution in [0.3, 0.4) is 0 Å². The van der Waals surface area contributed by atoms with Crippen LogP contribution < -0.4 is 8.92 Å². The molecule has 0 atom stereocenters. The van der Waals surface area contributed by atoms with Gasteiger partial charge >= 0.3 is 101 Å². The van der Waals surface area contributed by atoms with Crippen molar-refractivity contribution in [3.8, 4) is 11.5 Å². The Morgan fingerprint density at radius 1 is 1.50 bits per heavy atom. The molecule has 0 saturated carbocycles. The van der Waals surface area contributed by atoms with Crippen LogP contribution in [0.25, 0.3) is 0 Å². The Hall–Kier alpha value is -0.608. The fourth-order valence-electron chi connectivity index (χ4n) is 1.15. The smallest absolute Gasteiger partial charge is 0 e. The molecule has 1 radical (unpaired) electrons. The summed E-state index contributed by atoms with van der Waals surface area (Å²) in [6, 6.07) is 2.03. The van der Waals surface area contributed by atoms with Crippen molar-refractivity contribution in [2.75, 3.05) is 7.11 Å². The second kappa shape index (κ2) is 7.75. The van der Waals surface area contributed by atoms with Crippen LogP contribution in [0.5, 0.6) is 11.5 Å². The first-order valence-electron chi connectivity index (χ1n) is 4.12. The van der Waals surface area contributed by atoms with Crippen LogP contribution in [0.4, 0.5) is 5.69 Å². The van der Waals surface area contributed by atoms with Gasteiger partial charge in [0.05, 0.1) is 0 Å². The zero-order valence-electron chi connectivity index (χ0n) is 9.06. The Morgan fingerprint density at radius 2 is 2.11 bits per heavy atom. The molecule has 0 aromatic heterocycles. The van der Waals surface area contributed by atoms with Gasteiger partial charge in [0, 0.05) is 27.3 Å². The number of ether oxygens (including phenoxy) is 1. The van der Waals surface area contributed by atoms with E-state index in [9.17, 15) is 14.9 Å². The summed E-state index contributed by atoms with van der Waals surface area (Å²) in [4.78, 5) is 20.8. The van der Waals surface area contributed by atoms with Gasteiger partial charge in [-0.25, -0.2) is 0 Å². The monoisotopic (exact) mass is 481 g/mol. The summed E-state index contributed by atoms with van der Waals surface area (Å²) in [6.07, 6.45) is 0. The quantitative estimate of drug-likeness (QED) is 0.175. The molecular weight excluding hydrogens is 474 g/mol. The summed E-state index contributed by atoms with van der Waals surface area (Å²) < 4.78 is 9.84. The van der Waals surface area contributed by atoms with E-state index in [0.717, 1.165) is 12.1 Å². The molecule has 0 heterocycles. The van der Waals surface area contributed by atoms with Crippen LogP contribution in [-0.4, -0.2) is 50.4 Å². The molecule has 1 aromatic rings. The van der Waals surface area contributed by atoms with Gasteiger partial charge in [-0.05, 0) is 0 Å². The predicted molar refractivity (Wildman–Crippen MR) is 68.7 cm³/mol. The van der Waals surface area contributed by atoms with Crippen LogP contribution in [0.2, 0.25) is 0 Å². The third-order valence-corrected chi connectivity index (χ3v) is 2.37. The van der Waals surface area contributed by atoms with E-state index in [1.54, 1.807) is 0 Å². The van der Waals surface area contributed by atoms with Gasteiger partial charge in [-0.2, -0.15) is 0 Å². The largest absolute Gasteiger partial charge is 0 e. The molecule has 7 nitrogen and oxygen atoms in total. The molecule has 1 rings (SSSR count). The van der Waals surface area contributed by atoms with Gasteiger partial charge in [0.25, 0.3) is 0 Å². The minimum atomic E-state index is -1.41. The zero-order chi connectivity index (χ0) is 13.0. The molecule has 1 N–H and O–H groups in total. The molecule has 95 valence electrons. The van der Waals surface area contributed by atoms with Crippen LogP contribution >= 0.6 is 7.81 Å². The van der Waals surface area contributed by atoms with Crippen molar-refractivity contribution in [2.24, 2.45) is 0 Å². The molecule has 0 unspecified atom stereocenters. The first kappa shape index (κ1) is 17.4. The summed E-state index contributed by atoms with van der Waals surface area (Å²) in [5.74, 6) is -1.26. The summed E-state index contributed by atoms with van der Waals surface area (Å²) >= 11 is 0.212. The Morgan fingerprint density at radius 3 is 2.50 bits per heavy atom. The summed E-state index contributed by atoms with van der Waals surface area (Å²) in [5, 5.41) is 19.5. The number of thiol groups is 1. The number of methoxy groups -OCH3 is 1. The van der Waals surface area contributed by atoms with E-state index in [0.29, 0.717) is 0 Å². The SMILES string of the molecule is COc1cc(C(=O)O)c([N+](=O)[O-])cc1O[SH-]#P.[Tl]. The number of benzene rings is 1. The molecule has 18 heavy (non-hydrogen) atoms. The van der Waals surface area contributed by atoms with Crippen molar-refractivity contribution in [3.63, 3.8) is 0 Å². The molecule has 0 spiro atoms. The first-order chi connectivity index (χ1) is 8.01. The standard InChI is InChI=1S/C8H7NO6PS.Tl/c1-14-6-2-4(8(10)11)5(9(12)13)3-7(6)15-17-16;/h2-3,17H,1H3,(H,10,11);/q-1;. The van der Waals surface area contributed by atoms with Gasteiger partial charge in [0.1, 0.15) is 0 Å². The average molecular weight is 481 g/mol. The molecule has 1 aromatic carbocycles. The van der Waals surface area contributed by atoms with E-state index in [-0.39, 0.29) is 49.8 Å². The molecule has 0 saturated heterocycles. The van der Waals surface area contributed by atoms with Crippen molar-refractivity contribution >= 4 is 57.8 Å². The van der Waals surface area contributed by atoms with Gasteiger partial charge in [-0.1, -0.05) is 0 Å². The van der Waals surface area contributed by atoms with Crippen molar-refractivity contribution in [3.05, 3.63) is 27.8 Å². The third kappa shape index (κ3) is 3.96. The molecule has 0 bridgehead atoms. The Labute approximate surface area is 127 Å². The van der Waals surface area contributed by atoms with E-state index in [1.807, 2.05) is 0 Å². The molecule has 0 fully saturated rings. The van der Waals surface area contributed by atoms with Crippen molar-refractivity contribution in [2.45, 2.75) is 0 Å². The number of nitrogens with zero attached hydrogens (tertiary/aromatic N) is 1. The maximum absolute atomic E-state index is 10.8. The van der Waals surface area contributed by atoms with Crippen molar-refractivity contribution in [1.82, 2.24) is 0 Å². The topological polar surface area (TPSA) is 98.9 Å². The van der Waals surface area contributed by atoms with E-state index in [1.165, 1.54) is 7.11 Å². The number of carboxylic acids is 1. The molecular formula is C8H7NO6PSTl-. The second-order valence-electron chi connectivity index (χ2n) is 2.76. The molecule has 0 aliphatic carbocycles. The number of carboxylic acid groups (broad SMARTS) is 1. The number of hydrogen-bond donors (Lipinski definition) is 1. The van der Waals surface area contributed by atoms with E-state index >= 15 is 0 Å². The number of nitro groups is 1. The summed E-state index contributed by atoms with van der Waals surface area (Å²) in [6.45, 7) is 0. The number of carbonyl (C=O) groups is 1. The van der Waals surface area contributed by atoms with E-state index in [2.05, 4.69) is 7.81 Å². The van der Waals surface area contributed by atoms with E-state index in [4.69, 9.17) is 14.0 Å². The molecule has 0 aliphatic rings. The Bertz CT molecular complexity index is 531. The number of rotatable bonds is 4. The van der Waals surface area contributed by atoms with Gasteiger partial charge in [0.15, 0.2) is 0 Å². The fourth-order valence-corrected chi connectivity index (χ4v) is 1.64. The van der Waals surface area contributed by atoms with Crippen LogP contribution in [0.15, 0.2) is 12.1 Å². The molecule has 0 amide bonds. The fraction of sp³-hybridized carbons (Fsp3) is 0.125. The normalized spacial score (nSPS) is 9.11. The Kier molecular flexibility index (Phi) is 7.48. The Balaban J connectivity index is 0.00000289. The number of aromatic carboxylic acids is 1. The molecule has 10 heteroatoms. The summed E-state index contributed by atoms with van der Waals surface area (Å²) in [7, 11) is 5.08. The van der Waals surface area contributed by atoms with E-state index < -0.39 is 22.1 Å². The minimum absolute atomic E-state index is 0. The van der Waals surface area contributed by atoms with Crippen LogP contribution in [-0.2, 0) is 11.0 Å². The van der Waals surface area contributed by atoms with Gasteiger partial charge < -0.3 is 0 Å². The first-order valence-corrected chi connectivity index (χ1v) is 6.09.